The quantitative estimate of drug-likeness (QED) is 0.743. The van der Waals surface area contributed by atoms with Gasteiger partial charge in [0, 0.05) is 12.6 Å². The van der Waals surface area contributed by atoms with E-state index >= 15 is 0 Å². The summed E-state index contributed by atoms with van der Waals surface area (Å²) in [6.07, 6.45) is 5.93. The van der Waals surface area contributed by atoms with Crippen molar-refractivity contribution >= 4 is 12.0 Å². The van der Waals surface area contributed by atoms with Gasteiger partial charge in [0.1, 0.15) is 5.75 Å². The highest BCUT2D eigenvalue weighted by atomic mass is 16.6. The zero-order valence-corrected chi connectivity index (χ0v) is 9.08. The molecule has 0 saturated heterocycles. The highest BCUT2D eigenvalue weighted by Crippen LogP contribution is 2.12. The van der Waals surface area contributed by atoms with E-state index in [-0.39, 0.29) is 12.3 Å². The number of amides is 2. The van der Waals surface area contributed by atoms with Crippen LogP contribution in [0.4, 0.5) is 4.79 Å². The topological polar surface area (TPSA) is 46.6 Å². The number of rotatable bonds is 1. The molecule has 0 bridgehead atoms. The van der Waals surface area contributed by atoms with E-state index in [4.69, 9.17) is 4.74 Å². The Kier molecular flexibility index (Phi) is 3.35. The summed E-state index contributed by atoms with van der Waals surface area (Å²) < 4.78 is 5.07. The number of imide groups is 1. The van der Waals surface area contributed by atoms with Gasteiger partial charge in [0.05, 0.1) is 0 Å². The Morgan fingerprint density at radius 2 is 1.94 bits per heavy atom. The third kappa shape index (κ3) is 2.81. The van der Waals surface area contributed by atoms with Crippen molar-refractivity contribution in [3.8, 4) is 5.75 Å². The van der Waals surface area contributed by atoms with E-state index in [1.807, 2.05) is 6.07 Å². The normalized spacial score (nSPS) is 14.6. The molecule has 0 radical (unpaired) electrons. The largest absolute Gasteiger partial charge is 0.426 e. The van der Waals surface area contributed by atoms with Crippen molar-refractivity contribution in [3.05, 3.63) is 54.8 Å². The maximum atomic E-state index is 11.7. The number of benzene rings is 1. The standard InChI is InChI=1S/C13H11NO3/c15-12-9-5-2-6-10-14(12)13(16)17-11-7-3-1-4-8-11/h1-8,10H,9H2. The molecule has 1 heterocycles. The van der Waals surface area contributed by atoms with Gasteiger partial charge in [-0.3, -0.25) is 4.79 Å². The van der Waals surface area contributed by atoms with Crippen LogP contribution in [0.15, 0.2) is 54.8 Å². The summed E-state index contributed by atoms with van der Waals surface area (Å²) in [5.41, 5.74) is 0. The third-order valence-electron chi connectivity index (χ3n) is 2.19. The molecule has 0 spiro atoms. The Morgan fingerprint density at radius 1 is 1.18 bits per heavy atom. The van der Waals surface area contributed by atoms with Crippen LogP contribution in [0.3, 0.4) is 0 Å². The van der Waals surface area contributed by atoms with E-state index in [1.54, 1.807) is 42.5 Å². The molecule has 86 valence electrons. The molecule has 1 aromatic rings. The minimum Gasteiger partial charge on any atom is -0.410 e. The number of carbonyl (C=O) groups excluding carboxylic acids is 2. The number of carbonyl (C=O) groups is 2. The molecular weight excluding hydrogens is 218 g/mol. The molecule has 0 aromatic heterocycles. The molecule has 4 heteroatoms. The second-order valence-electron chi connectivity index (χ2n) is 3.42. The molecule has 0 aliphatic carbocycles. The Bertz CT molecular complexity index is 477. The fraction of sp³-hybridized carbons (Fsp3) is 0.0769. The van der Waals surface area contributed by atoms with E-state index < -0.39 is 6.09 Å². The number of hydrogen-bond donors (Lipinski definition) is 0. The van der Waals surface area contributed by atoms with Crippen molar-refractivity contribution in [1.29, 1.82) is 0 Å². The summed E-state index contributed by atoms with van der Waals surface area (Å²) in [5.74, 6) is 0.104. The van der Waals surface area contributed by atoms with Crippen LogP contribution in [0.5, 0.6) is 5.75 Å². The first-order chi connectivity index (χ1) is 8.27. The van der Waals surface area contributed by atoms with E-state index in [1.165, 1.54) is 6.20 Å². The summed E-state index contributed by atoms with van der Waals surface area (Å²) in [6.45, 7) is 0. The molecule has 0 fully saturated rings. The fourth-order valence-electron chi connectivity index (χ4n) is 1.37. The van der Waals surface area contributed by atoms with Gasteiger partial charge in [-0.1, -0.05) is 30.4 Å². The van der Waals surface area contributed by atoms with Crippen LogP contribution in [0.1, 0.15) is 6.42 Å². The summed E-state index contributed by atoms with van der Waals surface area (Å²) in [7, 11) is 0. The predicted molar refractivity (Wildman–Crippen MR) is 62.2 cm³/mol. The van der Waals surface area contributed by atoms with Gasteiger partial charge in [0.25, 0.3) is 0 Å². The van der Waals surface area contributed by atoms with Crippen molar-refractivity contribution in [2.75, 3.05) is 0 Å². The van der Waals surface area contributed by atoms with Crippen molar-refractivity contribution in [1.82, 2.24) is 4.90 Å². The predicted octanol–water partition coefficient (Wildman–Crippen LogP) is 2.49. The van der Waals surface area contributed by atoms with Gasteiger partial charge in [-0.2, -0.15) is 0 Å². The highest BCUT2D eigenvalue weighted by molar-refractivity contribution is 5.95. The first-order valence-corrected chi connectivity index (χ1v) is 5.19. The van der Waals surface area contributed by atoms with E-state index in [0.717, 1.165) is 4.90 Å². The van der Waals surface area contributed by atoms with E-state index in [9.17, 15) is 9.59 Å². The summed E-state index contributed by atoms with van der Waals surface area (Å²) in [4.78, 5) is 24.3. The smallest absolute Gasteiger partial charge is 0.410 e. The van der Waals surface area contributed by atoms with Crippen LogP contribution < -0.4 is 4.74 Å². The van der Waals surface area contributed by atoms with Crippen LogP contribution >= 0.6 is 0 Å². The molecule has 0 atom stereocenters. The number of para-hydroxylation sites is 1. The lowest BCUT2D eigenvalue weighted by Crippen LogP contribution is -2.33. The summed E-state index contributed by atoms with van der Waals surface area (Å²) in [6, 6.07) is 8.64. The summed E-state index contributed by atoms with van der Waals surface area (Å²) in [5, 5.41) is 0. The van der Waals surface area contributed by atoms with Crippen molar-refractivity contribution in [3.63, 3.8) is 0 Å². The second-order valence-corrected chi connectivity index (χ2v) is 3.42. The Labute approximate surface area is 98.8 Å². The molecule has 0 unspecified atom stereocenters. The fourth-order valence-corrected chi connectivity index (χ4v) is 1.37. The maximum absolute atomic E-state index is 11.7. The summed E-state index contributed by atoms with van der Waals surface area (Å²) >= 11 is 0. The molecule has 2 amide bonds. The Hall–Kier alpha value is -2.36. The Morgan fingerprint density at radius 3 is 2.71 bits per heavy atom. The number of nitrogens with zero attached hydrogens (tertiary/aromatic N) is 1. The zero-order chi connectivity index (χ0) is 12.1. The number of allylic oxidation sites excluding steroid dienone is 2. The van der Waals surface area contributed by atoms with E-state index in [2.05, 4.69) is 0 Å². The van der Waals surface area contributed by atoms with Gasteiger partial charge in [-0.05, 0) is 18.2 Å². The van der Waals surface area contributed by atoms with Gasteiger partial charge in [0.15, 0.2) is 0 Å². The molecular formula is C13H11NO3. The van der Waals surface area contributed by atoms with E-state index in [0.29, 0.717) is 5.75 Å². The average Bonchev–Trinajstić information content (AvgIpc) is 2.55. The molecule has 1 aromatic carbocycles. The lowest BCUT2D eigenvalue weighted by molar-refractivity contribution is -0.125. The SMILES string of the molecule is O=C1CC=CC=CN1C(=O)Oc1ccccc1. The minimum atomic E-state index is -0.693. The molecule has 0 N–H and O–H groups in total. The molecule has 1 aliphatic heterocycles. The van der Waals surface area contributed by atoms with Crippen LogP contribution in [0, 0.1) is 0 Å². The van der Waals surface area contributed by atoms with Crippen molar-refractivity contribution < 1.29 is 14.3 Å². The van der Waals surface area contributed by atoms with Gasteiger partial charge in [-0.25, -0.2) is 9.69 Å². The number of ether oxygens (including phenoxy) is 1. The third-order valence-corrected chi connectivity index (χ3v) is 2.19. The number of hydrogen-bond acceptors (Lipinski definition) is 3. The second kappa shape index (κ2) is 5.12. The van der Waals surface area contributed by atoms with Crippen molar-refractivity contribution in [2.24, 2.45) is 0 Å². The lowest BCUT2D eigenvalue weighted by atomic mass is 10.3. The van der Waals surface area contributed by atoms with Crippen LogP contribution in [0.25, 0.3) is 0 Å². The average molecular weight is 229 g/mol. The first kappa shape index (κ1) is 11.1. The zero-order valence-electron chi connectivity index (χ0n) is 9.08. The molecule has 17 heavy (non-hydrogen) atoms. The molecule has 2 rings (SSSR count). The molecule has 4 nitrogen and oxygen atoms in total. The van der Waals surface area contributed by atoms with Crippen LogP contribution in [0.2, 0.25) is 0 Å². The van der Waals surface area contributed by atoms with Crippen molar-refractivity contribution in [2.45, 2.75) is 6.42 Å². The minimum absolute atomic E-state index is 0.191. The van der Waals surface area contributed by atoms with Gasteiger partial charge in [0.2, 0.25) is 5.91 Å². The Balaban J connectivity index is 2.08. The lowest BCUT2D eigenvalue weighted by Gasteiger charge is -2.14. The molecule has 1 aliphatic rings. The first-order valence-electron chi connectivity index (χ1n) is 5.19. The maximum Gasteiger partial charge on any atom is 0.426 e. The van der Waals surface area contributed by atoms with Gasteiger partial charge in [-0.15, -0.1) is 0 Å². The molecule has 0 saturated carbocycles. The van der Waals surface area contributed by atoms with Gasteiger partial charge < -0.3 is 4.74 Å². The highest BCUT2D eigenvalue weighted by Gasteiger charge is 2.20. The monoisotopic (exact) mass is 229 g/mol. The van der Waals surface area contributed by atoms with Crippen LogP contribution in [-0.2, 0) is 4.79 Å². The van der Waals surface area contributed by atoms with Gasteiger partial charge >= 0.3 is 6.09 Å². The van der Waals surface area contributed by atoms with Crippen LogP contribution in [-0.4, -0.2) is 16.9 Å².